The molecule has 1 saturated heterocycles. The lowest BCUT2D eigenvalue weighted by Crippen LogP contribution is -2.40. The number of hydrogen-bond donors (Lipinski definition) is 1. The van der Waals surface area contributed by atoms with E-state index in [4.69, 9.17) is 0 Å². The average Bonchev–Trinajstić information content (AvgIpc) is 3.27. The molecule has 0 unspecified atom stereocenters. The van der Waals surface area contributed by atoms with Crippen molar-refractivity contribution in [2.24, 2.45) is 5.92 Å². The third-order valence-corrected chi connectivity index (χ3v) is 6.16. The van der Waals surface area contributed by atoms with Gasteiger partial charge in [-0.15, -0.1) is 11.3 Å². The predicted molar refractivity (Wildman–Crippen MR) is 109 cm³/mol. The van der Waals surface area contributed by atoms with Crippen molar-refractivity contribution in [3.63, 3.8) is 0 Å². The quantitative estimate of drug-likeness (QED) is 0.651. The molecule has 160 valence electrons. The summed E-state index contributed by atoms with van der Waals surface area (Å²) in [5.74, 6) is -0.864. The van der Waals surface area contributed by atoms with Crippen molar-refractivity contribution >= 4 is 33.4 Å². The van der Waals surface area contributed by atoms with Crippen LogP contribution in [0.1, 0.15) is 24.4 Å². The van der Waals surface area contributed by atoms with Crippen LogP contribution in [-0.4, -0.2) is 45.0 Å². The summed E-state index contributed by atoms with van der Waals surface area (Å²) < 4.78 is 41.8. The molecule has 0 spiro atoms. The van der Waals surface area contributed by atoms with Gasteiger partial charge in [0, 0.05) is 11.9 Å². The van der Waals surface area contributed by atoms with Gasteiger partial charge in [0.05, 0.1) is 23.3 Å². The van der Waals surface area contributed by atoms with Crippen molar-refractivity contribution in [1.29, 1.82) is 0 Å². The van der Waals surface area contributed by atoms with Gasteiger partial charge in [-0.2, -0.15) is 13.2 Å². The summed E-state index contributed by atoms with van der Waals surface area (Å²) >= 11 is 1.38. The highest BCUT2D eigenvalue weighted by molar-refractivity contribution is 7.13. The van der Waals surface area contributed by atoms with Crippen LogP contribution in [-0.2, 0) is 17.5 Å². The summed E-state index contributed by atoms with van der Waals surface area (Å²) in [5.41, 5.74) is 1.73. The van der Waals surface area contributed by atoms with Crippen LogP contribution in [0.25, 0.3) is 11.0 Å². The molecule has 1 aliphatic rings. The lowest BCUT2D eigenvalue weighted by Gasteiger charge is -2.32. The molecule has 0 saturated carbocycles. The minimum absolute atomic E-state index is 0.102. The van der Waals surface area contributed by atoms with Crippen molar-refractivity contribution in [2.45, 2.75) is 32.5 Å². The minimum Gasteiger partial charge on any atom is -0.320 e. The summed E-state index contributed by atoms with van der Waals surface area (Å²) in [6.07, 6.45) is -3.03. The Morgan fingerprint density at radius 1 is 1.23 bits per heavy atom. The number of piperidine rings is 1. The first kappa shape index (κ1) is 20.8. The molecule has 1 aromatic carbocycles. The van der Waals surface area contributed by atoms with Crippen LogP contribution in [0.4, 0.5) is 18.3 Å². The number of rotatable bonds is 5. The molecule has 1 fully saturated rings. The number of imidazole rings is 1. The molecule has 3 heterocycles. The smallest absolute Gasteiger partial charge is 0.320 e. The van der Waals surface area contributed by atoms with Gasteiger partial charge < -0.3 is 9.88 Å². The average molecular weight is 437 g/mol. The Bertz CT molecular complexity index is 1040. The van der Waals surface area contributed by atoms with Crippen LogP contribution >= 0.6 is 11.3 Å². The maximum Gasteiger partial charge on any atom is 0.449 e. The van der Waals surface area contributed by atoms with Gasteiger partial charge in [-0.05, 0) is 50.9 Å². The van der Waals surface area contributed by atoms with Gasteiger partial charge in [-0.3, -0.25) is 9.69 Å². The van der Waals surface area contributed by atoms with Gasteiger partial charge in [-0.1, -0.05) is 12.1 Å². The first-order valence-electron chi connectivity index (χ1n) is 9.76. The van der Waals surface area contributed by atoms with Gasteiger partial charge in [0.15, 0.2) is 5.13 Å². The summed E-state index contributed by atoms with van der Waals surface area (Å²) in [6.45, 7) is 3.73. The molecule has 1 amide bonds. The molecular weight excluding hydrogens is 415 g/mol. The predicted octanol–water partition coefficient (Wildman–Crippen LogP) is 4.17. The molecule has 2 aromatic heterocycles. The van der Waals surface area contributed by atoms with Gasteiger partial charge in [0.25, 0.3) is 0 Å². The normalized spacial score (nSPS) is 16.3. The minimum atomic E-state index is -4.49. The Morgan fingerprint density at radius 3 is 2.63 bits per heavy atom. The van der Waals surface area contributed by atoms with Crippen molar-refractivity contribution in [1.82, 2.24) is 19.4 Å². The van der Waals surface area contributed by atoms with E-state index in [1.165, 1.54) is 15.9 Å². The number of para-hydroxylation sites is 2. The first-order valence-corrected chi connectivity index (χ1v) is 10.6. The number of aryl methyl sites for hydroxylation is 1. The van der Waals surface area contributed by atoms with Gasteiger partial charge in [0.1, 0.15) is 0 Å². The molecule has 1 aliphatic heterocycles. The molecule has 10 heteroatoms. The number of nitrogens with zero attached hydrogens (tertiary/aromatic N) is 4. The lowest BCUT2D eigenvalue weighted by atomic mass is 9.96. The van der Waals surface area contributed by atoms with Crippen LogP contribution < -0.4 is 5.32 Å². The third-order valence-electron chi connectivity index (χ3n) is 5.29. The van der Waals surface area contributed by atoms with Crippen LogP contribution in [0.3, 0.4) is 0 Å². The van der Waals surface area contributed by atoms with Crippen molar-refractivity contribution in [3.05, 3.63) is 41.2 Å². The maximum atomic E-state index is 13.5. The number of aromatic nitrogens is 3. The van der Waals surface area contributed by atoms with Crippen LogP contribution in [0.2, 0.25) is 0 Å². The van der Waals surface area contributed by atoms with E-state index in [1.807, 2.05) is 17.2 Å². The number of likely N-dealkylation sites (tertiary alicyclic amines) is 1. The molecule has 0 aliphatic carbocycles. The molecular formula is C20H22F3N5OS. The Balaban J connectivity index is 1.37. The second-order valence-corrected chi connectivity index (χ2v) is 8.45. The second kappa shape index (κ2) is 8.35. The Hall–Kier alpha value is -2.46. The fourth-order valence-electron chi connectivity index (χ4n) is 3.84. The highest BCUT2D eigenvalue weighted by atomic mass is 32.1. The molecule has 0 radical (unpaired) electrons. The maximum absolute atomic E-state index is 13.5. The number of halogens is 3. The van der Waals surface area contributed by atoms with E-state index in [2.05, 4.69) is 15.3 Å². The molecule has 0 atom stereocenters. The lowest BCUT2D eigenvalue weighted by molar-refractivity contribution is -0.147. The third kappa shape index (κ3) is 4.65. The monoisotopic (exact) mass is 437 g/mol. The summed E-state index contributed by atoms with van der Waals surface area (Å²) in [7, 11) is 0. The van der Waals surface area contributed by atoms with E-state index < -0.39 is 12.0 Å². The Morgan fingerprint density at radius 2 is 1.97 bits per heavy atom. The zero-order chi connectivity index (χ0) is 21.3. The van der Waals surface area contributed by atoms with Gasteiger partial charge in [0.2, 0.25) is 11.7 Å². The van der Waals surface area contributed by atoms with E-state index in [-0.39, 0.29) is 24.9 Å². The number of carbonyl (C=O) groups excluding carboxylic acids is 1. The fourth-order valence-corrected chi connectivity index (χ4v) is 4.54. The van der Waals surface area contributed by atoms with E-state index in [0.29, 0.717) is 29.3 Å². The number of carbonyl (C=O) groups is 1. The Kier molecular flexibility index (Phi) is 5.79. The van der Waals surface area contributed by atoms with Crippen molar-refractivity contribution < 1.29 is 18.0 Å². The molecule has 0 bridgehead atoms. The van der Waals surface area contributed by atoms with Gasteiger partial charge in [-0.25, -0.2) is 9.97 Å². The summed E-state index contributed by atoms with van der Waals surface area (Å²) in [4.78, 5) is 22.3. The van der Waals surface area contributed by atoms with E-state index in [1.54, 1.807) is 24.3 Å². The van der Waals surface area contributed by atoms with Crippen LogP contribution in [0, 0.1) is 12.8 Å². The molecule has 30 heavy (non-hydrogen) atoms. The van der Waals surface area contributed by atoms with E-state index >= 15 is 0 Å². The summed E-state index contributed by atoms with van der Waals surface area (Å²) in [5, 5.41) is 5.24. The van der Waals surface area contributed by atoms with Crippen LogP contribution in [0.15, 0.2) is 29.6 Å². The Labute approximate surface area is 175 Å². The highest BCUT2D eigenvalue weighted by Gasteiger charge is 2.38. The topological polar surface area (TPSA) is 63.1 Å². The van der Waals surface area contributed by atoms with Crippen molar-refractivity contribution in [2.75, 3.05) is 25.0 Å². The molecule has 3 aromatic rings. The van der Waals surface area contributed by atoms with Gasteiger partial charge >= 0.3 is 6.18 Å². The first-order chi connectivity index (χ1) is 14.3. The number of hydrogen-bond acceptors (Lipinski definition) is 5. The zero-order valence-electron chi connectivity index (χ0n) is 16.4. The second-order valence-electron chi connectivity index (χ2n) is 7.59. The number of amides is 1. The highest BCUT2D eigenvalue weighted by Crippen LogP contribution is 2.33. The van der Waals surface area contributed by atoms with Crippen molar-refractivity contribution in [3.8, 4) is 0 Å². The number of alkyl halides is 3. The zero-order valence-corrected chi connectivity index (χ0v) is 17.3. The number of benzene rings is 1. The summed E-state index contributed by atoms with van der Waals surface area (Å²) in [6, 6.07) is 6.70. The molecule has 1 N–H and O–H groups in total. The standard InChI is InChI=1S/C20H22F3N5OS/c1-13-12-30-19(24-13)26-17(29)11-27-8-6-14(7-9-27)10-28-16-5-3-2-4-15(16)25-18(28)20(21,22)23/h2-5,12,14H,6-11H2,1H3,(H,24,26,29). The number of anilines is 1. The van der Waals surface area contributed by atoms with E-state index in [9.17, 15) is 18.0 Å². The number of nitrogens with one attached hydrogen (secondary N) is 1. The van der Waals surface area contributed by atoms with E-state index in [0.717, 1.165) is 18.5 Å². The fraction of sp³-hybridized carbons (Fsp3) is 0.450. The number of fused-ring (bicyclic) bond motifs is 1. The molecule has 6 nitrogen and oxygen atoms in total. The number of thiazole rings is 1. The van der Waals surface area contributed by atoms with Crippen LogP contribution in [0.5, 0.6) is 0 Å². The largest absolute Gasteiger partial charge is 0.449 e. The SMILES string of the molecule is Cc1csc(NC(=O)CN2CCC(Cn3c(C(F)(F)F)nc4ccccc43)CC2)n1. The molecule has 4 rings (SSSR count).